The highest BCUT2D eigenvalue weighted by Gasteiger charge is 2.35. The first-order valence-corrected chi connectivity index (χ1v) is 8.26. The maximum absolute atomic E-state index is 6.62. The fourth-order valence-corrected chi connectivity index (χ4v) is 4.68. The molecular formula is C16H30N2. The molecule has 0 aromatic carbocycles. The summed E-state index contributed by atoms with van der Waals surface area (Å²) in [7, 11) is 0. The number of rotatable bonds is 2. The number of hydrogen-bond donors (Lipinski definition) is 1. The smallest absolute Gasteiger partial charge is 0.0283 e. The van der Waals surface area contributed by atoms with E-state index < -0.39 is 0 Å². The van der Waals surface area contributed by atoms with E-state index in [1.165, 1.54) is 83.8 Å². The van der Waals surface area contributed by atoms with Crippen LogP contribution in [0.5, 0.6) is 0 Å². The lowest BCUT2D eigenvalue weighted by Gasteiger charge is -2.45. The lowest BCUT2D eigenvalue weighted by atomic mass is 9.74. The minimum absolute atomic E-state index is 0.153. The molecule has 0 spiro atoms. The first-order valence-electron chi connectivity index (χ1n) is 8.26. The molecule has 0 bridgehead atoms. The summed E-state index contributed by atoms with van der Waals surface area (Å²) in [6.07, 6.45) is 14.0. The first-order chi connectivity index (χ1) is 8.75. The Bertz CT molecular complexity index is 270. The number of likely N-dealkylation sites (tertiary alicyclic amines) is 1. The average molecular weight is 250 g/mol. The van der Waals surface area contributed by atoms with Gasteiger partial charge in [0.15, 0.2) is 0 Å². The van der Waals surface area contributed by atoms with Crippen LogP contribution in [0.2, 0.25) is 0 Å². The van der Waals surface area contributed by atoms with E-state index in [2.05, 4.69) is 4.90 Å². The van der Waals surface area contributed by atoms with Gasteiger partial charge in [0.2, 0.25) is 0 Å². The van der Waals surface area contributed by atoms with Gasteiger partial charge in [-0.1, -0.05) is 38.5 Å². The van der Waals surface area contributed by atoms with Gasteiger partial charge < -0.3 is 10.6 Å². The van der Waals surface area contributed by atoms with Gasteiger partial charge in [-0.2, -0.15) is 0 Å². The number of nitrogens with two attached hydrogens (primary N) is 1. The van der Waals surface area contributed by atoms with Crippen molar-refractivity contribution in [3.8, 4) is 0 Å². The van der Waals surface area contributed by atoms with Crippen molar-refractivity contribution in [2.75, 3.05) is 19.6 Å². The highest BCUT2D eigenvalue weighted by molar-refractivity contribution is 4.93. The van der Waals surface area contributed by atoms with Crippen LogP contribution in [0.1, 0.15) is 64.2 Å². The zero-order valence-corrected chi connectivity index (χ0v) is 11.9. The Hall–Kier alpha value is -0.0800. The van der Waals surface area contributed by atoms with Crippen molar-refractivity contribution in [3.63, 3.8) is 0 Å². The van der Waals surface area contributed by atoms with Gasteiger partial charge in [0, 0.05) is 18.6 Å². The van der Waals surface area contributed by atoms with E-state index in [0.29, 0.717) is 0 Å². The Balaban J connectivity index is 1.54. The molecular weight excluding hydrogens is 220 g/mol. The van der Waals surface area contributed by atoms with Crippen molar-refractivity contribution in [3.05, 3.63) is 0 Å². The highest BCUT2D eigenvalue weighted by Crippen LogP contribution is 2.37. The molecule has 2 saturated carbocycles. The van der Waals surface area contributed by atoms with Gasteiger partial charge in [0.1, 0.15) is 0 Å². The molecule has 1 saturated heterocycles. The summed E-state index contributed by atoms with van der Waals surface area (Å²) < 4.78 is 0. The van der Waals surface area contributed by atoms with Crippen LogP contribution in [0.4, 0.5) is 0 Å². The predicted octanol–water partition coefficient (Wildman–Crippen LogP) is 3.16. The Kier molecular flexibility index (Phi) is 3.95. The molecule has 1 heterocycles. The SMILES string of the molecule is NC1(CN2CC[C@H]3CCCC[C@@H]3C2)CCCCC1. The van der Waals surface area contributed by atoms with Crippen molar-refractivity contribution in [1.82, 2.24) is 4.90 Å². The van der Waals surface area contributed by atoms with Crippen molar-refractivity contribution in [1.29, 1.82) is 0 Å². The molecule has 104 valence electrons. The summed E-state index contributed by atoms with van der Waals surface area (Å²) >= 11 is 0. The molecule has 2 atom stereocenters. The fourth-order valence-electron chi connectivity index (χ4n) is 4.68. The maximum atomic E-state index is 6.62. The van der Waals surface area contributed by atoms with Gasteiger partial charge in [-0.25, -0.2) is 0 Å². The summed E-state index contributed by atoms with van der Waals surface area (Å²) in [5.74, 6) is 2.05. The minimum atomic E-state index is 0.153. The van der Waals surface area contributed by atoms with Gasteiger partial charge >= 0.3 is 0 Å². The zero-order chi connectivity index (χ0) is 12.4. The highest BCUT2D eigenvalue weighted by atomic mass is 15.2. The van der Waals surface area contributed by atoms with Crippen LogP contribution in [-0.4, -0.2) is 30.1 Å². The third-order valence-electron chi connectivity index (χ3n) is 5.76. The fraction of sp³-hybridized carbons (Fsp3) is 1.00. The van der Waals surface area contributed by atoms with Crippen LogP contribution < -0.4 is 5.73 Å². The van der Waals surface area contributed by atoms with Crippen molar-refractivity contribution in [2.24, 2.45) is 17.6 Å². The molecule has 2 aliphatic carbocycles. The summed E-state index contributed by atoms with van der Waals surface area (Å²) in [6.45, 7) is 3.85. The monoisotopic (exact) mass is 250 g/mol. The lowest BCUT2D eigenvalue weighted by molar-refractivity contribution is 0.0631. The Labute approximate surface area is 112 Å². The third-order valence-corrected chi connectivity index (χ3v) is 5.76. The second-order valence-electron chi connectivity index (χ2n) is 7.25. The average Bonchev–Trinajstić information content (AvgIpc) is 2.39. The van der Waals surface area contributed by atoms with Gasteiger partial charge in [-0.3, -0.25) is 0 Å². The Morgan fingerprint density at radius 1 is 0.889 bits per heavy atom. The largest absolute Gasteiger partial charge is 0.324 e. The predicted molar refractivity (Wildman–Crippen MR) is 76.5 cm³/mol. The molecule has 0 aromatic heterocycles. The lowest BCUT2D eigenvalue weighted by Crippen LogP contribution is -2.54. The number of nitrogens with zero attached hydrogens (tertiary/aromatic N) is 1. The first kappa shape index (κ1) is 12.9. The second kappa shape index (κ2) is 5.50. The molecule has 0 radical (unpaired) electrons. The molecule has 18 heavy (non-hydrogen) atoms. The second-order valence-corrected chi connectivity index (χ2v) is 7.25. The molecule has 2 heteroatoms. The Morgan fingerprint density at radius 2 is 1.61 bits per heavy atom. The van der Waals surface area contributed by atoms with Crippen LogP contribution in [0.3, 0.4) is 0 Å². The van der Waals surface area contributed by atoms with Crippen LogP contribution in [-0.2, 0) is 0 Å². The van der Waals surface area contributed by atoms with E-state index in [-0.39, 0.29) is 5.54 Å². The van der Waals surface area contributed by atoms with E-state index in [9.17, 15) is 0 Å². The standard InChI is InChI=1S/C16H30N2/c17-16(9-4-1-5-10-16)13-18-11-8-14-6-2-3-7-15(14)12-18/h14-15H,1-13,17H2/t14-,15-/m1/s1. The molecule has 2 nitrogen and oxygen atoms in total. The summed E-state index contributed by atoms with van der Waals surface area (Å²) in [4.78, 5) is 2.71. The zero-order valence-electron chi connectivity index (χ0n) is 11.9. The Morgan fingerprint density at radius 3 is 2.39 bits per heavy atom. The number of hydrogen-bond acceptors (Lipinski definition) is 2. The minimum Gasteiger partial charge on any atom is -0.324 e. The molecule has 0 amide bonds. The van der Waals surface area contributed by atoms with E-state index in [1.54, 1.807) is 0 Å². The molecule has 3 aliphatic rings. The molecule has 3 rings (SSSR count). The van der Waals surface area contributed by atoms with Gasteiger partial charge in [-0.05, 0) is 44.1 Å². The summed E-state index contributed by atoms with van der Waals surface area (Å²) in [5.41, 5.74) is 6.77. The molecule has 0 unspecified atom stereocenters. The molecule has 2 N–H and O–H groups in total. The number of piperidine rings is 1. The third kappa shape index (κ3) is 2.91. The topological polar surface area (TPSA) is 29.3 Å². The molecule has 0 aromatic rings. The van der Waals surface area contributed by atoms with Crippen LogP contribution >= 0.6 is 0 Å². The van der Waals surface area contributed by atoms with Crippen LogP contribution in [0, 0.1) is 11.8 Å². The summed E-state index contributed by atoms with van der Waals surface area (Å²) in [5, 5.41) is 0. The molecule has 3 fully saturated rings. The van der Waals surface area contributed by atoms with Crippen molar-refractivity contribution >= 4 is 0 Å². The van der Waals surface area contributed by atoms with Gasteiger partial charge in [0.25, 0.3) is 0 Å². The maximum Gasteiger partial charge on any atom is 0.0283 e. The van der Waals surface area contributed by atoms with Gasteiger partial charge in [-0.15, -0.1) is 0 Å². The quantitative estimate of drug-likeness (QED) is 0.815. The van der Waals surface area contributed by atoms with Crippen LogP contribution in [0.15, 0.2) is 0 Å². The summed E-state index contributed by atoms with van der Waals surface area (Å²) in [6, 6.07) is 0. The van der Waals surface area contributed by atoms with E-state index in [0.717, 1.165) is 11.8 Å². The normalized spacial score (nSPS) is 37.2. The van der Waals surface area contributed by atoms with E-state index >= 15 is 0 Å². The van der Waals surface area contributed by atoms with Crippen LogP contribution in [0.25, 0.3) is 0 Å². The van der Waals surface area contributed by atoms with E-state index in [4.69, 9.17) is 5.73 Å². The number of fused-ring (bicyclic) bond motifs is 1. The van der Waals surface area contributed by atoms with Crippen molar-refractivity contribution in [2.45, 2.75) is 69.7 Å². The van der Waals surface area contributed by atoms with Gasteiger partial charge in [0.05, 0.1) is 0 Å². The molecule has 1 aliphatic heterocycles. The van der Waals surface area contributed by atoms with Crippen molar-refractivity contribution < 1.29 is 0 Å². The van der Waals surface area contributed by atoms with E-state index in [1.807, 2.05) is 0 Å².